The van der Waals surface area contributed by atoms with Crippen molar-refractivity contribution >= 4 is 29.2 Å². The molecule has 1 fully saturated rings. The number of amides is 1. The predicted octanol–water partition coefficient (Wildman–Crippen LogP) is 2.33. The molecule has 0 spiro atoms. The lowest BCUT2D eigenvalue weighted by molar-refractivity contribution is -0.137. The molecule has 1 saturated heterocycles. The van der Waals surface area contributed by atoms with Crippen LogP contribution in [0.15, 0.2) is 30.3 Å². The number of benzene rings is 1. The van der Waals surface area contributed by atoms with E-state index in [1.165, 1.54) is 11.8 Å². The molecule has 144 valence electrons. The van der Waals surface area contributed by atoms with Crippen LogP contribution in [0.5, 0.6) is 0 Å². The molecule has 26 heavy (non-hydrogen) atoms. The molecule has 1 amide bonds. The first kappa shape index (κ1) is 22.4. The van der Waals surface area contributed by atoms with Crippen molar-refractivity contribution in [3.05, 3.63) is 35.9 Å². The Labute approximate surface area is 160 Å². The number of hydrogen-bond donors (Lipinski definition) is 1. The summed E-state index contributed by atoms with van der Waals surface area (Å²) in [7, 11) is 1.71. The molecule has 1 heterocycles. The molecule has 1 aliphatic heterocycles. The monoisotopic (exact) mass is 378 g/mol. The number of nitrogens with zero attached hydrogens (tertiary/aromatic N) is 1. The lowest BCUT2D eigenvalue weighted by Crippen LogP contribution is -2.46. The third kappa shape index (κ3) is 5.95. The lowest BCUT2D eigenvalue weighted by Gasteiger charge is -2.26. The second-order valence-electron chi connectivity index (χ2n) is 6.54. The van der Waals surface area contributed by atoms with Gasteiger partial charge in [-0.1, -0.05) is 37.8 Å². The van der Waals surface area contributed by atoms with Gasteiger partial charge in [-0.3, -0.25) is 19.7 Å². The summed E-state index contributed by atoms with van der Waals surface area (Å²) in [5.74, 6) is 1.29. The van der Waals surface area contributed by atoms with Gasteiger partial charge in [-0.05, 0) is 31.6 Å². The van der Waals surface area contributed by atoms with E-state index in [-0.39, 0.29) is 37.0 Å². The van der Waals surface area contributed by atoms with Gasteiger partial charge in [0.1, 0.15) is 5.78 Å². The summed E-state index contributed by atoms with van der Waals surface area (Å²) in [6, 6.07) is 8.56. The molecule has 0 aromatic heterocycles. The van der Waals surface area contributed by atoms with E-state index >= 15 is 0 Å². The molecule has 5 nitrogen and oxygen atoms in total. The Kier molecular flexibility index (Phi) is 9.02. The summed E-state index contributed by atoms with van der Waals surface area (Å²) >= 11 is 1.53. The smallest absolute Gasteiger partial charge is 0.240 e. The van der Waals surface area contributed by atoms with Crippen molar-refractivity contribution < 1.29 is 14.4 Å². The normalized spacial score (nSPS) is 23.3. The van der Waals surface area contributed by atoms with Crippen LogP contribution >= 0.6 is 11.8 Å². The Morgan fingerprint density at radius 2 is 1.88 bits per heavy atom. The van der Waals surface area contributed by atoms with Crippen molar-refractivity contribution in [2.45, 2.75) is 52.2 Å². The molecule has 1 aliphatic rings. The van der Waals surface area contributed by atoms with E-state index in [9.17, 15) is 14.4 Å². The van der Waals surface area contributed by atoms with E-state index in [1.54, 1.807) is 18.9 Å². The number of carbonyl (C=O) groups is 3. The third-order valence-electron chi connectivity index (χ3n) is 4.45. The fourth-order valence-electron chi connectivity index (χ4n) is 3.03. The van der Waals surface area contributed by atoms with Gasteiger partial charge in [0, 0.05) is 13.5 Å². The zero-order chi connectivity index (χ0) is 18.4. The van der Waals surface area contributed by atoms with Crippen LogP contribution < -0.4 is 5.32 Å². The zero-order valence-corrected chi connectivity index (χ0v) is 15.8. The van der Waals surface area contributed by atoms with Crippen molar-refractivity contribution in [2.24, 2.45) is 0 Å². The minimum atomic E-state index is -0.452. The van der Waals surface area contributed by atoms with Gasteiger partial charge >= 0.3 is 0 Å². The summed E-state index contributed by atoms with van der Waals surface area (Å²) in [6.45, 7) is 3.38. The minimum Gasteiger partial charge on any atom is -0.334 e. The van der Waals surface area contributed by atoms with Crippen LogP contribution in [-0.4, -0.2) is 59.1 Å². The molecule has 0 aliphatic carbocycles. The summed E-state index contributed by atoms with van der Waals surface area (Å²) in [6.07, 6.45) is 1.14. The van der Waals surface area contributed by atoms with E-state index in [2.05, 4.69) is 5.32 Å². The van der Waals surface area contributed by atoms with Gasteiger partial charge in [0.05, 0.1) is 23.9 Å². The number of rotatable bonds is 7. The molecular formula is C20H30N2O3S. The maximum atomic E-state index is 12.8. The summed E-state index contributed by atoms with van der Waals surface area (Å²) in [4.78, 5) is 38.2. The average Bonchev–Trinajstić information content (AvgIpc) is 2.66. The van der Waals surface area contributed by atoms with Gasteiger partial charge in [-0.25, -0.2) is 0 Å². The number of hydrogen-bond acceptors (Lipinski definition) is 5. The van der Waals surface area contributed by atoms with Crippen LogP contribution in [0, 0.1) is 0 Å². The second kappa shape index (κ2) is 10.5. The molecule has 0 radical (unpaired) electrons. The topological polar surface area (TPSA) is 66.5 Å². The molecule has 1 aromatic carbocycles. The molecule has 0 saturated carbocycles. The maximum Gasteiger partial charge on any atom is 0.240 e. The quantitative estimate of drug-likeness (QED) is 0.738. The lowest BCUT2D eigenvalue weighted by atomic mass is 9.98. The van der Waals surface area contributed by atoms with Crippen LogP contribution in [0.1, 0.15) is 33.3 Å². The fraction of sp³-hybridized carbons (Fsp3) is 0.550. The van der Waals surface area contributed by atoms with Crippen LogP contribution in [0.25, 0.3) is 0 Å². The second-order valence-corrected chi connectivity index (χ2v) is 7.65. The Bertz CT molecular complexity index is 621. The minimum absolute atomic E-state index is 0. The first-order valence-corrected chi connectivity index (χ1v) is 9.73. The van der Waals surface area contributed by atoms with E-state index in [0.29, 0.717) is 24.3 Å². The first-order chi connectivity index (χ1) is 11.9. The molecule has 2 rings (SSSR count). The highest BCUT2D eigenvalue weighted by molar-refractivity contribution is 7.99. The fourth-order valence-corrected chi connectivity index (χ4v) is 3.87. The van der Waals surface area contributed by atoms with Gasteiger partial charge in [-0.2, -0.15) is 11.8 Å². The van der Waals surface area contributed by atoms with Crippen LogP contribution in [0.4, 0.5) is 0 Å². The van der Waals surface area contributed by atoms with Crippen molar-refractivity contribution in [2.75, 3.05) is 18.6 Å². The number of Topliss-reactive ketones (excluding diaryl/α,β-unsaturated/α-hetero) is 2. The standard InChI is InChI=1S/C19H26N2O3S.CH4/c1-13(22)12-25-10-9-16-19(24)21(3)17(18(23)14(2)20-16)11-15-7-5-4-6-8-15;/h4-8,14,16-17,20H,9-12H2,1-3H3;1H4. The van der Waals surface area contributed by atoms with Crippen LogP contribution in [-0.2, 0) is 20.8 Å². The highest BCUT2D eigenvalue weighted by atomic mass is 32.2. The van der Waals surface area contributed by atoms with Crippen LogP contribution in [0.2, 0.25) is 0 Å². The Morgan fingerprint density at radius 3 is 2.50 bits per heavy atom. The largest absolute Gasteiger partial charge is 0.334 e. The number of nitrogens with one attached hydrogen (secondary N) is 1. The van der Waals surface area contributed by atoms with Gasteiger partial charge < -0.3 is 4.90 Å². The first-order valence-electron chi connectivity index (χ1n) is 8.57. The highest BCUT2D eigenvalue weighted by Crippen LogP contribution is 2.17. The Balaban J connectivity index is 0.00000338. The van der Waals surface area contributed by atoms with E-state index in [1.807, 2.05) is 37.3 Å². The number of carbonyl (C=O) groups excluding carboxylic acids is 3. The molecule has 1 N–H and O–H groups in total. The van der Waals surface area contributed by atoms with Gasteiger partial charge in [0.2, 0.25) is 5.91 Å². The maximum absolute atomic E-state index is 12.8. The predicted molar refractivity (Wildman–Crippen MR) is 107 cm³/mol. The molecule has 3 atom stereocenters. The molecule has 6 heteroatoms. The molecular weight excluding hydrogens is 348 g/mol. The van der Waals surface area contributed by atoms with E-state index in [4.69, 9.17) is 0 Å². The highest BCUT2D eigenvalue weighted by Gasteiger charge is 2.38. The summed E-state index contributed by atoms with van der Waals surface area (Å²) in [5, 5.41) is 3.17. The molecule has 0 bridgehead atoms. The Morgan fingerprint density at radius 1 is 1.23 bits per heavy atom. The van der Waals surface area contributed by atoms with Crippen molar-refractivity contribution in [3.8, 4) is 0 Å². The summed E-state index contributed by atoms with van der Waals surface area (Å²) in [5.41, 5.74) is 1.04. The van der Waals surface area contributed by atoms with Gasteiger partial charge in [0.25, 0.3) is 0 Å². The third-order valence-corrected chi connectivity index (χ3v) is 5.58. The van der Waals surface area contributed by atoms with E-state index in [0.717, 1.165) is 5.56 Å². The van der Waals surface area contributed by atoms with Crippen molar-refractivity contribution in [3.63, 3.8) is 0 Å². The molecule has 3 unspecified atom stereocenters. The molecule has 1 aromatic rings. The van der Waals surface area contributed by atoms with Gasteiger partial charge in [-0.15, -0.1) is 0 Å². The average molecular weight is 379 g/mol. The summed E-state index contributed by atoms with van der Waals surface area (Å²) < 4.78 is 0. The van der Waals surface area contributed by atoms with Crippen molar-refractivity contribution in [1.29, 1.82) is 0 Å². The Hall–Kier alpha value is -1.66. The number of likely N-dealkylation sites (N-methyl/N-ethyl adjacent to an activating group) is 1. The van der Waals surface area contributed by atoms with Crippen LogP contribution in [0.3, 0.4) is 0 Å². The van der Waals surface area contributed by atoms with Crippen molar-refractivity contribution in [1.82, 2.24) is 10.2 Å². The zero-order valence-electron chi connectivity index (χ0n) is 15.0. The number of thioether (sulfide) groups is 1. The van der Waals surface area contributed by atoms with Gasteiger partial charge in [0.15, 0.2) is 5.78 Å². The number of ketones is 2. The van der Waals surface area contributed by atoms with E-state index < -0.39 is 6.04 Å². The SMILES string of the molecule is C.CC(=O)CSCCC1NC(C)C(=O)C(Cc2ccccc2)N(C)C1=O.